The zero-order valence-corrected chi connectivity index (χ0v) is 19.4. The number of rotatable bonds is 3. The number of allylic oxidation sites excluding steroid dienone is 1. The van der Waals surface area contributed by atoms with Gasteiger partial charge in [0.25, 0.3) is 0 Å². The van der Waals surface area contributed by atoms with Crippen LogP contribution in [0.3, 0.4) is 0 Å². The normalized spacial score (nSPS) is 11.9. The standard InChI is InChI=1S/C19H12NS.C5H10O2.Ir/c1-2-4-14(5-3-1)15-6-8-16(9-7-15)19-17-11-13-21-18(17)10-12-20-19;1-4(6)3-5(2)7;/h1-8,10-13H;3-4,6-7H,1-2H3;/q-1;;. The molecule has 0 saturated heterocycles. The van der Waals surface area contributed by atoms with E-state index in [1.54, 1.807) is 18.3 Å². The van der Waals surface area contributed by atoms with Gasteiger partial charge in [0.15, 0.2) is 0 Å². The van der Waals surface area contributed by atoms with Gasteiger partial charge in [-0.25, -0.2) is 0 Å². The molecule has 2 heterocycles. The minimum absolute atomic E-state index is 0. The summed E-state index contributed by atoms with van der Waals surface area (Å²) in [5.74, 6) is 0.162. The number of pyridine rings is 1. The molecule has 1 radical (unpaired) electrons. The summed E-state index contributed by atoms with van der Waals surface area (Å²) >= 11 is 1.74. The summed E-state index contributed by atoms with van der Waals surface area (Å²) in [6.07, 6.45) is 2.69. The number of benzene rings is 2. The fourth-order valence-electron chi connectivity index (χ4n) is 2.84. The summed E-state index contributed by atoms with van der Waals surface area (Å²) in [6.45, 7) is 3.10. The van der Waals surface area contributed by atoms with E-state index < -0.39 is 6.10 Å². The third-order valence-corrected chi connectivity index (χ3v) is 4.92. The molecule has 1 unspecified atom stereocenters. The van der Waals surface area contributed by atoms with Gasteiger partial charge < -0.3 is 15.2 Å². The van der Waals surface area contributed by atoms with Crippen molar-refractivity contribution in [2.75, 3.05) is 0 Å². The quantitative estimate of drug-likeness (QED) is 0.222. The molecule has 5 heteroatoms. The topological polar surface area (TPSA) is 53.4 Å². The van der Waals surface area contributed by atoms with E-state index >= 15 is 0 Å². The molecule has 0 fully saturated rings. The maximum Gasteiger partial charge on any atom is 0.0877 e. The second kappa shape index (κ2) is 11.0. The molecule has 2 aromatic heterocycles. The molecule has 151 valence electrons. The van der Waals surface area contributed by atoms with Crippen molar-refractivity contribution in [1.29, 1.82) is 0 Å². The number of hydrogen-bond acceptors (Lipinski definition) is 4. The van der Waals surface area contributed by atoms with Crippen molar-refractivity contribution in [3.8, 4) is 22.4 Å². The van der Waals surface area contributed by atoms with Crippen LogP contribution in [0.5, 0.6) is 0 Å². The monoisotopic (exact) mass is 581 g/mol. The van der Waals surface area contributed by atoms with Crippen LogP contribution in [0.2, 0.25) is 0 Å². The van der Waals surface area contributed by atoms with E-state index in [-0.39, 0.29) is 25.9 Å². The molecule has 0 aliphatic carbocycles. The van der Waals surface area contributed by atoms with Gasteiger partial charge in [-0.1, -0.05) is 47.5 Å². The van der Waals surface area contributed by atoms with E-state index in [0.717, 1.165) is 11.3 Å². The Morgan fingerprint density at radius 1 is 1.07 bits per heavy atom. The van der Waals surface area contributed by atoms with Crippen LogP contribution in [0.25, 0.3) is 32.5 Å². The van der Waals surface area contributed by atoms with Crippen molar-refractivity contribution >= 4 is 21.4 Å². The van der Waals surface area contributed by atoms with Crippen molar-refractivity contribution in [2.24, 2.45) is 0 Å². The predicted molar refractivity (Wildman–Crippen MR) is 117 cm³/mol. The number of thiophene rings is 1. The number of aromatic nitrogens is 1. The van der Waals surface area contributed by atoms with Crippen molar-refractivity contribution in [2.45, 2.75) is 20.0 Å². The molecule has 29 heavy (non-hydrogen) atoms. The molecule has 4 rings (SSSR count). The van der Waals surface area contributed by atoms with Crippen LogP contribution in [0, 0.1) is 6.07 Å². The molecule has 1 atom stereocenters. The maximum atomic E-state index is 8.49. The Kier molecular flexibility index (Phi) is 8.74. The summed E-state index contributed by atoms with van der Waals surface area (Å²) in [6, 6.07) is 24.2. The number of nitrogens with zero attached hydrogens (tertiary/aromatic N) is 1. The third-order valence-electron chi connectivity index (χ3n) is 4.04. The van der Waals surface area contributed by atoms with Crippen LogP contribution in [-0.2, 0) is 20.1 Å². The maximum absolute atomic E-state index is 8.49. The summed E-state index contributed by atoms with van der Waals surface area (Å²) in [5, 5.41) is 20.2. The van der Waals surface area contributed by atoms with Crippen LogP contribution in [0.15, 0.2) is 84.1 Å². The Morgan fingerprint density at radius 3 is 2.41 bits per heavy atom. The molecule has 0 bridgehead atoms. The molecule has 0 aliphatic heterocycles. The minimum Gasteiger partial charge on any atom is -0.513 e. The summed E-state index contributed by atoms with van der Waals surface area (Å²) in [5.41, 5.74) is 4.44. The second-order valence-electron chi connectivity index (χ2n) is 6.40. The molecular weight excluding hydrogens is 559 g/mol. The Balaban J connectivity index is 0.000000327. The number of fused-ring (bicyclic) bond motifs is 1. The van der Waals surface area contributed by atoms with E-state index in [0.29, 0.717) is 0 Å². The van der Waals surface area contributed by atoms with Gasteiger partial charge in [0.05, 0.1) is 11.9 Å². The van der Waals surface area contributed by atoms with Gasteiger partial charge in [-0.15, -0.1) is 41.2 Å². The largest absolute Gasteiger partial charge is 0.513 e. The van der Waals surface area contributed by atoms with E-state index in [9.17, 15) is 0 Å². The first-order valence-corrected chi connectivity index (χ1v) is 9.88. The minimum atomic E-state index is -0.537. The molecular formula is C24H22IrNO2S-. The third kappa shape index (κ3) is 6.34. The van der Waals surface area contributed by atoms with Gasteiger partial charge in [-0.3, -0.25) is 0 Å². The molecule has 0 aliphatic rings. The zero-order chi connectivity index (χ0) is 19.9. The predicted octanol–water partition coefficient (Wildman–Crippen LogP) is 6.26. The Labute approximate surface area is 188 Å². The first-order chi connectivity index (χ1) is 13.5. The average Bonchev–Trinajstić information content (AvgIpc) is 3.17. The summed E-state index contributed by atoms with van der Waals surface area (Å²) in [4.78, 5) is 4.53. The molecule has 0 saturated carbocycles. The van der Waals surface area contributed by atoms with Gasteiger partial charge in [0.1, 0.15) is 0 Å². The summed E-state index contributed by atoms with van der Waals surface area (Å²) < 4.78 is 1.26. The zero-order valence-electron chi connectivity index (χ0n) is 16.2. The van der Waals surface area contributed by atoms with Gasteiger partial charge in [0, 0.05) is 31.0 Å². The van der Waals surface area contributed by atoms with Crippen molar-refractivity contribution in [1.82, 2.24) is 4.98 Å². The van der Waals surface area contributed by atoms with Crippen LogP contribution in [-0.4, -0.2) is 21.3 Å². The van der Waals surface area contributed by atoms with E-state index in [2.05, 4.69) is 65.0 Å². The molecule has 2 aromatic carbocycles. The van der Waals surface area contributed by atoms with E-state index in [4.69, 9.17) is 10.2 Å². The van der Waals surface area contributed by atoms with Crippen LogP contribution in [0.1, 0.15) is 13.8 Å². The fourth-order valence-corrected chi connectivity index (χ4v) is 3.62. The second-order valence-corrected chi connectivity index (χ2v) is 7.35. The van der Waals surface area contributed by atoms with E-state index in [1.807, 2.05) is 18.3 Å². The molecule has 4 aromatic rings. The molecule has 3 nitrogen and oxygen atoms in total. The van der Waals surface area contributed by atoms with Crippen LogP contribution in [0.4, 0.5) is 0 Å². The first-order valence-electron chi connectivity index (χ1n) is 9.00. The van der Waals surface area contributed by atoms with Crippen molar-refractivity contribution in [3.05, 3.63) is 90.1 Å². The van der Waals surface area contributed by atoms with E-state index in [1.165, 1.54) is 34.2 Å². The van der Waals surface area contributed by atoms with Crippen LogP contribution >= 0.6 is 11.3 Å². The van der Waals surface area contributed by atoms with Crippen LogP contribution < -0.4 is 0 Å². The van der Waals surface area contributed by atoms with Gasteiger partial charge in [0.2, 0.25) is 0 Å². The molecule has 0 amide bonds. The molecule has 0 spiro atoms. The SMILES string of the molecule is CC(O)=CC(C)O.[Ir].[c-]1cc(-c2ccccc2)ccc1-c1nccc2sccc12. The fraction of sp³-hybridized carbons (Fsp3) is 0.125. The number of aliphatic hydroxyl groups is 2. The van der Waals surface area contributed by atoms with Gasteiger partial charge in [-0.2, -0.15) is 0 Å². The van der Waals surface area contributed by atoms with Gasteiger partial charge in [-0.05, 0) is 42.5 Å². The Bertz CT molecular complexity index is 1050. The smallest absolute Gasteiger partial charge is 0.0877 e. The van der Waals surface area contributed by atoms with Crippen molar-refractivity contribution < 1.29 is 30.3 Å². The van der Waals surface area contributed by atoms with Gasteiger partial charge >= 0.3 is 0 Å². The Morgan fingerprint density at radius 2 is 1.83 bits per heavy atom. The summed E-state index contributed by atoms with van der Waals surface area (Å²) in [7, 11) is 0. The van der Waals surface area contributed by atoms with Crippen molar-refractivity contribution in [3.63, 3.8) is 0 Å². The Hall–Kier alpha value is -2.30. The first kappa shape index (κ1) is 23.0. The average molecular weight is 581 g/mol. The molecule has 2 N–H and O–H groups in total. The number of aliphatic hydroxyl groups excluding tert-OH is 2. The number of hydrogen-bond donors (Lipinski definition) is 2.